The number of likely N-dealkylation sites (tertiary alicyclic amines) is 1. The number of hydrogen-bond donors (Lipinski definition) is 2. The van der Waals surface area contributed by atoms with Gasteiger partial charge in [-0.25, -0.2) is 4.39 Å². The zero-order valence-electron chi connectivity index (χ0n) is 11.4. The van der Waals surface area contributed by atoms with E-state index in [-0.39, 0.29) is 35.0 Å². The second-order valence-corrected chi connectivity index (χ2v) is 5.42. The molecule has 2 amide bonds. The van der Waals surface area contributed by atoms with Crippen molar-refractivity contribution in [3.63, 3.8) is 0 Å². The van der Waals surface area contributed by atoms with Crippen LogP contribution < -0.4 is 11.1 Å². The monoisotopic (exact) mass is 313 g/mol. The molecule has 1 aliphatic heterocycles. The molecule has 0 aromatic heterocycles. The summed E-state index contributed by atoms with van der Waals surface area (Å²) in [5, 5.41) is 2.75. The number of piperidine rings is 1. The average molecular weight is 314 g/mol. The van der Waals surface area contributed by atoms with Gasteiger partial charge < -0.3 is 16.0 Å². The summed E-state index contributed by atoms with van der Waals surface area (Å²) in [6, 6.07) is 4.57. The number of hydrogen-bond acceptors (Lipinski definition) is 3. The van der Waals surface area contributed by atoms with E-state index < -0.39 is 5.82 Å². The lowest BCUT2D eigenvalue weighted by molar-refractivity contribution is -0.133. The van der Waals surface area contributed by atoms with Crippen LogP contribution in [0.5, 0.6) is 0 Å². The Labute approximate surface area is 127 Å². The third-order valence-corrected chi connectivity index (χ3v) is 3.92. The molecule has 1 heterocycles. The van der Waals surface area contributed by atoms with Gasteiger partial charge in [0.1, 0.15) is 0 Å². The van der Waals surface area contributed by atoms with E-state index >= 15 is 0 Å². The predicted molar refractivity (Wildman–Crippen MR) is 78.4 cm³/mol. The van der Waals surface area contributed by atoms with Gasteiger partial charge >= 0.3 is 0 Å². The lowest BCUT2D eigenvalue weighted by Gasteiger charge is -2.30. The van der Waals surface area contributed by atoms with Crippen molar-refractivity contribution in [1.82, 2.24) is 4.90 Å². The molecule has 0 saturated carbocycles. The molecule has 3 N–H and O–H groups in total. The summed E-state index contributed by atoms with van der Waals surface area (Å²) < 4.78 is 13.7. The van der Waals surface area contributed by atoms with Crippen LogP contribution in [0.1, 0.15) is 12.8 Å². The molecular weight excluding hydrogens is 297 g/mol. The van der Waals surface area contributed by atoms with Crippen molar-refractivity contribution in [2.24, 2.45) is 11.7 Å². The highest BCUT2D eigenvalue weighted by molar-refractivity contribution is 6.31. The highest BCUT2D eigenvalue weighted by atomic mass is 35.5. The van der Waals surface area contributed by atoms with Crippen molar-refractivity contribution in [1.29, 1.82) is 0 Å². The number of carbonyl (C=O) groups excluding carboxylic acids is 2. The molecule has 1 aromatic rings. The highest BCUT2D eigenvalue weighted by Gasteiger charge is 2.25. The van der Waals surface area contributed by atoms with Gasteiger partial charge in [0.15, 0.2) is 5.82 Å². The zero-order valence-corrected chi connectivity index (χ0v) is 12.2. The fourth-order valence-electron chi connectivity index (χ4n) is 2.34. The van der Waals surface area contributed by atoms with Gasteiger partial charge in [0.05, 0.1) is 17.3 Å². The minimum atomic E-state index is -0.570. The molecule has 114 valence electrons. The van der Waals surface area contributed by atoms with Gasteiger partial charge in [-0.15, -0.1) is 0 Å². The van der Waals surface area contributed by atoms with Crippen LogP contribution in [0.15, 0.2) is 18.2 Å². The van der Waals surface area contributed by atoms with Crippen LogP contribution in [0.3, 0.4) is 0 Å². The third kappa shape index (κ3) is 3.85. The fourth-order valence-corrected chi connectivity index (χ4v) is 2.51. The number of nitrogens with one attached hydrogen (secondary N) is 1. The molecule has 1 aromatic carbocycles. The smallest absolute Gasteiger partial charge is 0.241 e. The number of rotatable bonds is 4. The molecule has 0 bridgehead atoms. The van der Waals surface area contributed by atoms with E-state index in [2.05, 4.69) is 5.32 Å². The van der Waals surface area contributed by atoms with E-state index in [1.807, 2.05) is 0 Å². The highest BCUT2D eigenvalue weighted by Crippen LogP contribution is 2.22. The minimum absolute atomic E-state index is 0.00900. The second-order valence-electron chi connectivity index (χ2n) is 5.01. The van der Waals surface area contributed by atoms with Crippen molar-refractivity contribution < 1.29 is 14.0 Å². The summed E-state index contributed by atoms with van der Waals surface area (Å²) in [7, 11) is 0. The van der Waals surface area contributed by atoms with E-state index in [0.717, 1.165) is 0 Å². The Morgan fingerprint density at radius 2 is 2.05 bits per heavy atom. The van der Waals surface area contributed by atoms with Gasteiger partial charge in [0.25, 0.3) is 0 Å². The van der Waals surface area contributed by atoms with Crippen molar-refractivity contribution in [3.05, 3.63) is 29.0 Å². The number of primary amides is 1. The number of anilines is 1. The second kappa shape index (κ2) is 6.76. The number of carbonyl (C=O) groups is 2. The topological polar surface area (TPSA) is 75.4 Å². The summed E-state index contributed by atoms with van der Waals surface area (Å²) in [6.07, 6.45) is 1.15. The first-order chi connectivity index (χ1) is 9.99. The van der Waals surface area contributed by atoms with Gasteiger partial charge in [0.2, 0.25) is 11.8 Å². The van der Waals surface area contributed by atoms with Gasteiger partial charge in [-0.2, -0.15) is 0 Å². The van der Waals surface area contributed by atoms with Crippen LogP contribution >= 0.6 is 11.6 Å². The Kier molecular flexibility index (Phi) is 5.01. The van der Waals surface area contributed by atoms with Crippen LogP contribution in [0, 0.1) is 11.7 Å². The normalized spacial score (nSPS) is 15.8. The first-order valence-electron chi connectivity index (χ1n) is 6.74. The Morgan fingerprint density at radius 3 is 2.67 bits per heavy atom. The van der Waals surface area contributed by atoms with Gasteiger partial charge in [-0.1, -0.05) is 17.7 Å². The maximum Gasteiger partial charge on any atom is 0.241 e. The van der Waals surface area contributed by atoms with Crippen molar-refractivity contribution in [2.45, 2.75) is 12.8 Å². The molecule has 0 unspecified atom stereocenters. The predicted octanol–water partition coefficient (Wildman–Crippen LogP) is 1.61. The van der Waals surface area contributed by atoms with E-state index in [1.165, 1.54) is 12.1 Å². The van der Waals surface area contributed by atoms with Gasteiger partial charge in [0, 0.05) is 19.0 Å². The number of nitrogens with zero attached hydrogens (tertiary/aromatic N) is 1. The van der Waals surface area contributed by atoms with Crippen LogP contribution in [-0.4, -0.2) is 36.3 Å². The molecule has 2 rings (SSSR count). The first kappa shape index (κ1) is 15.6. The summed E-state index contributed by atoms with van der Waals surface area (Å²) >= 11 is 5.67. The zero-order chi connectivity index (χ0) is 15.4. The van der Waals surface area contributed by atoms with Crippen LogP contribution in [-0.2, 0) is 9.59 Å². The average Bonchev–Trinajstić information content (AvgIpc) is 2.48. The van der Waals surface area contributed by atoms with Crippen LogP contribution in [0.2, 0.25) is 5.02 Å². The van der Waals surface area contributed by atoms with E-state index in [4.69, 9.17) is 17.3 Å². The van der Waals surface area contributed by atoms with E-state index in [1.54, 1.807) is 11.0 Å². The SMILES string of the molecule is NC(=O)C1CCN(C(=O)CNc2cccc(Cl)c2F)CC1. The number of halogens is 2. The molecule has 0 atom stereocenters. The fraction of sp³-hybridized carbons (Fsp3) is 0.429. The molecule has 0 spiro atoms. The maximum absolute atomic E-state index is 13.7. The lowest BCUT2D eigenvalue weighted by Crippen LogP contribution is -2.43. The Bertz CT molecular complexity index is 545. The maximum atomic E-state index is 13.7. The van der Waals surface area contributed by atoms with Crippen molar-refractivity contribution >= 4 is 29.1 Å². The molecule has 0 aliphatic carbocycles. The van der Waals surface area contributed by atoms with Crippen LogP contribution in [0.25, 0.3) is 0 Å². The molecule has 1 aliphatic rings. The molecule has 5 nitrogen and oxygen atoms in total. The standard InChI is InChI=1S/C14H17ClFN3O2/c15-10-2-1-3-11(13(10)16)18-8-12(20)19-6-4-9(5-7-19)14(17)21/h1-3,9,18H,4-8H2,(H2,17,21). The summed E-state index contributed by atoms with van der Waals surface area (Å²) in [6.45, 7) is 0.969. The third-order valence-electron chi connectivity index (χ3n) is 3.63. The van der Waals surface area contributed by atoms with Crippen molar-refractivity contribution in [3.8, 4) is 0 Å². The Balaban J connectivity index is 1.85. The molecule has 0 radical (unpaired) electrons. The van der Waals surface area contributed by atoms with Gasteiger partial charge in [-0.05, 0) is 25.0 Å². The Morgan fingerprint density at radius 1 is 1.38 bits per heavy atom. The summed E-state index contributed by atoms with van der Waals surface area (Å²) in [5.74, 6) is -1.19. The molecule has 21 heavy (non-hydrogen) atoms. The first-order valence-corrected chi connectivity index (χ1v) is 7.12. The molecular formula is C14H17ClFN3O2. The molecule has 7 heteroatoms. The van der Waals surface area contributed by atoms with Crippen LogP contribution in [0.4, 0.5) is 10.1 Å². The van der Waals surface area contributed by atoms with E-state index in [9.17, 15) is 14.0 Å². The minimum Gasteiger partial charge on any atom is -0.374 e. The number of nitrogens with two attached hydrogens (primary N) is 1. The lowest BCUT2D eigenvalue weighted by atomic mass is 9.96. The van der Waals surface area contributed by atoms with Crippen molar-refractivity contribution in [2.75, 3.05) is 25.0 Å². The van der Waals surface area contributed by atoms with E-state index in [0.29, 0.717) is 25.9 Å². The summed E-state index contributed by atoms with van der Waals surface area (Å²) in [5.41, 5.74) is 5.44. The number of benzene rings is 1. The largest absolute Gasteiger partial charge is 0.374 e. The Hall–Kier alpha value is -1.82. The molecule has 1 fully saturated rings. The quantitative estimate of drug-likeness (QED) is 0.887. The number of amides is 2. The summed E-state index contributed by atoms with van der Waals surface area (Å²) in [4.78, 5) is 24.7. The van der Waals surface area contributed by atoms with Gasteiger partial charge in [-0.3, -0.25) is 9.59 Å². The molecule has 1 saturated heterocycles.